The fraction of sp³-hybridized carbons (Fsp3) is 0.259. The summed E-state index contributed by atoms with van der Waals surface area (Å²) < 4.78 is 21.6. The van der Waals surface area contributed by atoms with Gasteiger partial charge in [-0.15, -0.1) is 0 Å². The van der Waals surface area contributed by atoms with Crippen molar-refractivity contribution in [3.8, 4) is 23.0 Å². The van der Waals surface area contributed by atoms with Crippen molar-refractivity contribution in [2.75, 3.05) is 44.3 Å². The topological polar surface area (TPSA) is 77.5 Å². The second kappa shape index (κ2) is 10.4. The standard InChI is InChI=1S/C27H28N2O6/c1-5-35-21-12-8-19(9-13-21)29-25(30)17-28(23-15-14-22(33-3)16-24(23)34-4)27(31)26(29)18-6-10-20(32-2)11-7-18/h6-16,26H,5,17H2,1-4H3/t26-/m1/s1. The van der Waals surface area contributed by atoms with E-state index >= 15 is 0 Å². The molecule has 0 unspecified atom stereocenters. The monoisotopic (exact) mass is 476 g/mol. The number of carbonyl (C=O) groups is 2. The molecule has 0 bridgehead atoms. The van der Waals surface area contributed by atoms with Crippen molar-refractivity contribution < 1.29 is 28.5 Å². The van der Waals surface area contributed by atoms with Crippen LogP contribution in [-0.2, 0) is 9.59 Å². The van der Waals surface area contributed by atoms with Crippen LogP contribution in [0.3, 0.4) is 0 Å². The molecule has 3 aromatic carbocycles. The lowest BCUT2D eigenvalue weighted by molar-refractivity contribution is -0.128. The molecular weight excluding hydrogens is 448 g/mol. The van der Waals surface area contributed by atoms with E-state index in [0.717, 1.165) is 0 Å². The number of ether oxygens (including phenoxy) is 4. The van der Waals surface area contributed by atoms with Gasteiger partial charge in [0.05, 0.1) is 33.6 Å². The van der Waals surface area contributed by atoms with Gasteiger partial charge in [0, 0.05) is 11.8 Å². The molecule has 0 aliphatic carbocycles. The Labute approximate surface area is 204 Å². The van der Waals surface area contributed by atoms with E-state index in [9.17, 15) is 9.59 Å². The first-order valence-corrected chi connectivity index (χ1v) is 11.2. The van der Waals surface area contributed by atoms with Crippen LogP contribution < -0.4 is 28.7 Å². The predicted molar refractivity (Wildman–Crippen MR) is 133 cm³/mol. The highest BCUT2D eigenvalue weighted by atomic mass is 16.5. The van der Waals surface area contributed by atoms with Crippen molar-refractivity contribution in [3.63, 3.8) is 0 Å². The second-order valence-corrected chi connectivity index (χ2v) is 7.83. The maximum atomic E-state index is 14.0. The number of hydrogen-bond donors (Lipinski definition) is 0. The molecule has 1 saturated heterocycles. The summed E-state index contributed by atoms with van der Waals surface area (Å²) in [4.78, 5) is 30.6. The molecule has 0 saturated carbocycles. The molecule has 1 fully saturated rings. The van der Waals surface area contributed by atoms with Crippen LogP contribution in [0.4, 0.5) is 11.4 Å². The Morgan fingerprint density at radius 1 is 0.800 bits per heavy atom. The first kappa shape index (κ1) is 23.9. The van der Waals surface area contributed by atoms with Crippen LogP contribution in [0.5, 0.6) is 23.0 Å². The lowest BCUT2D eigenvalue weighted by Crippen LogP contribution is -2.56. The van der Waals surface area contributed by atoms with Crippen molar-refractivity contribution in [1.82, 2.24) is 0 Å². The van der Waals surface area contributed by atoms with E-state index in [1.54, 1.807) is 80.9 Å². The minimum atomic E-state index is -0.882. The average Bonchev–Trinajstić information content (AvgIpc) is 2.90. The van der Waals surface area contributed by atoms with Crippen molar-refractivity contribution in [2.45, 2.75) is 13.0 Å². The van der Waals surface area contributed by atoms with Crippen molar-refractivity contribution in [2.24, 2.45) is 0 Å². The average molecular weight is 477 g/mol. The lowest BCUT2D eigenvalue weighted by atomic mass is 9.99. The lowest BCUT2D eigenvalue weighted by Gasteiger charge is -2.40. The molecular formula is C27H28N2O6. The van der Waals surface area contributed by atoms with Gasteiger partial charge in [-0.2, -0.15) is 0 Å². The van der Waals surface area contributed by atoms with Crippen LogP contribution in [0.25, 0.3) is 0 Å². The first-order valence-electron chi connectivity index (χ1n) is 11.2. The van der Waals surface area contributed by atoms with E-state index in [1.165, 1.54) is 16.9 Å². The molecule has 1 atom stereocenters. The SMILES string of the molecule is CCOc1ccc(N2C(=O)CN(c3ccc(OC)cc3OC)C(=O)[C@H]2c2ccc(OC)cc2)cc1. The highest BCUT2D eigenvalue weighted by Gasteiger charge is 2.42. The third kappa shape index (κ3) is 4.73. The van der Waals surface area contributed by atoms with Gasteiger partial charge in [0.25, 0.3) is 5.91 Å². The fourth-order valence-electron chi connectivity index (χ4n) is 4.14. The van der Waals surface area contributed by atoms with Gasteiger partial charge in [-0.05, 0) is 61.0 Å². The summed E-state index contributed by atoms with van der Waals surface area (Å²) in [5.41, 5.74) is 1.76. The zero-order valence-electron chi connectivity index (χ0n) is 20.2. The Balaban J connectivity index is 1.79. The number of rotatable bonds is 8. The molecule has 0 spiro atoms. The van der Waals surface area contributed by atoms with Gasteiger partial charge in [0.2, 0.25) is 5.91 Å². The Hall–Kier alpha value is -4.20. The molecule has 2 amide bonds. The summed E-state index contributed by atoms with van der Waals surface area (Å²) in [5, 5.41) is 0. The zero-order valence-corrected chi connectivity index (χ0v) is 20.2. The number of benzene rings is 3. The largest absolute Gasteiger partial charge is 0.497 e. The van der Waals surface area contributed by atoms with Gasteiger partial charge in [-0.25, -0.2) is 0 Å². The van der Waals surface area contributed by atoms with Crippen LogP contribution in [0.15, 0.2) is 66.7 Å². The van der Waals surface area contributed by atoms with Gasteiger partial charge < -0.3 is 18.9 Å². The molecule has 1 heterocycles. The minimum Gasteiger partial charge on any atom is -0.497 e. The van der Waals surface area contributed by atoms with Crippen LogP contribution in [0, 0.1) is 0 Å². The third-order valence-corrected chi connectivity index (χ3v) is 5.86. The van der Waals surface area contributed by atoms with Crippen LogP contribution in [-0.4, -0.2) is 46.3 Å². The van der Waals surface area contributed by atoms with E-state index in [4.69, 9.17) is 18.9 Å². The summed E-state index contributed by atoms with van der Waals surface area (Å²) in [6.07, 6.45) is 0. The number of amides is 2. The zero-order chi connectivity index (χ0) is 24.9. The molecule has 182 valence electrons. The summed E-state index contributed by atoms with van der Waals surface area (Å²) in [7, 11) is 4.65. The molecule has 0 N–H and O–H groups in total. The number of piperazine rings is 1. The van der Waals surface area contributed by atoms with Crippen molar-refractivity contribution in [1.29, 1.82) is 0 Å². The molecule has 8 heteroatoms. The molecule has 35 heavy (non-hydrogen) atoms. The number of anilines is 2. The summed E-state index contributed by atoms with van der Waals surface area (Å²) >= 11 is 0. The van der Waals surface area contributed by atoms with Gasteiger partial charge in [-0.3, -0.25) is 19.4 Å². The van der Waals surface area contributed by atoms with E-state index in [1.807, 2.05) is 6.92 Å². The number of methoxy groups -OCH3 is 3. The van der Waals surface area contributed by atoms with Crippen molar-refractivity contribution >= 4 is 23.2 Å². The Kier molecular flexibility index (Phi) is 7.10. The Bertz CT molecular complexity index is 1190. The molecule has 1 aliphatic heterocycles. The van der Waals surface area contributed by atoms with Gasteiger partial charge in [0.15, 0.2) is 0 Å². The maximum Gasteiger partial charge on any atom is 0.255 e. The number of hydrogen-bond acceptors (Lipinski definition) is 6. The van der Waals surface area contributed by atoms with Gasteiger partial charge >= 0.3 is 0 Å². The van der Waals surface area contributed by atoms with Gasteiger partial charge in [0.1, 0.15) is 35.6 Å². The smallest absolute Gasteiger partial charge is 0.255 e. The van der Waals surface area contributed by atoms with E-state index in [0.29, 0.717) is 46.5 Å². The Morgan fingerprint density at radius 3 is 2.03 bits per heavy atom. The van der Waals surface area contributed by atoms with Crippen LogP contribution in [0.1, 0.15) is 18.5 Å². The summed E-state index contributed by atoms with van der Waals surface area (Å²) in [6.45, 7) is 2.30. The van der Waals surface area contributed by atoms with Crippen LogP contribution >= 0.6 is 0 Å². The van der Waals surface area contributed by atoms with Crippen LogP contribution in [0.2, 0.25) is 0 Å². The predicted octanol–water partition coefficient (Wildman–Crippen LogP) is 4.23. The molecule has 8 nitrogen and oxygen atoms in total. The molecule has 1 aliphatic rings. The summed E-state index contributed by atoms with van der Waals surface area (Å²) in [5.74, 6) is 1.89. The van der Waals surface area contributed by atoms with Crippen molar-refractivity contribution in [3.05, 3.63) is 72.3 Å². The van der Waals surface area contributed by atoms with Gasteiger partial charge in [-0.1, -0.05) is 12.1 Å². The Morgan fingerprint density at radius 2 is 1.43 bits per heavy atom. The maximum absolute atomic E-state index is 14.0. The molecule has 0 aromatic heterocycles. The first-order chi connectivity index (χ1) is 17.0. The normalized spacial score (nSPS) is 15.7. The number of carbonyl (C=O) groups excluding carboxylic acids is 2. The number of nitrogens with zero attached hydrogens (tertiary/aromatic N) is 2. The minimum absolute atomic E-state index is 0.138. The molecule has 3 aromatic rings. The van der Waals surface area contributed by atoms with E-state index in [2.05, 4.69) is 0 Å². The highest BCUT2D eigenvalue weighted by Crippen LogP contribution is 2.39. The fourth-order valence-corrected chi connectivity index (χ4v) is 4.14. The quantitative estimate of drug-likeness (QED) is 0.484. The molecule has 0 radical (unpaired) electrons. The second-order valence-electron chi connectivity index (χ2n) is 7.83. The molecule has 4 rings (SSSR count). The summed E-state index contributed by atoms with van der Waals surface area (Å²) in [6, 6.07) is 18.6. The third-order valence-electron chi connectivity index (χ3n) is 5.86. The van der Waals surface area contributed by atoms with E-state index in [-0.39, 0.29) is 18.4 Å². The highest BCUT2D eigenvalue weighted by molar-refractivity contribution is 6.15. The van der Waals surface area contributed by atoms with E-state index < -0.39 is 6.04 Å².